The van der Waals surface area contributed by atoms with Gasteiger partial charge in [0.2, 0.25) is 0 Å². The van der Waals surface area contributed by atoms with Crippen LogP contribution in [-0.2, 0) is 5.33 Å². The van der Waals surface area contributed by atoms with Crippen molar-refractivity contribution in [2.45, 2.75) is 5.33 Å². The number of hydrogen-bond acceptors (Lipinski definition) is 3. The first-order valence-electron chi connectivity index (χ1n) is 3.95. The van der Waals surface area contributed by atoms with Crippen molar-refractivity contribution >= 4 is 37.4 Å². The fourth-order valence-electron chi connectivity index (χ4n) is 1.32. The summed E-state index contributed by atoms with van der Waals surface area (Å²) in [5, 5.41) is 21.5. The first-order chi connectivity index (χ1) is 6.76. The van der Waals surface area contributed by atoms with E-state index < -0.39 is 0 Å². The zero-order chi connectivity index (χ0) is 10.1. The van der Waals surface area contributed by atoms with Crippen LogP contribution in [0, 0.1) is 11.3 Å². The molecule has 0 aliphatic carbocycles. The molecule has 0 aliphatic rings. The Labute approximate surface area is 93.5 Å². The van der Waals surface area contributed by atoms with Crippen LogP contribution >= 0.6 is 27.3 Å². The van der Waals surface area contributed by atoms with Crippen molar-refractivity contribution in [2.75, 3.05) is 0 Å². The number of nitriles is 1. The van der Waals surface area contributed by atoms with Crippen LogP contribution in [0.2, 0.25) is 0 Å². The minimum atomic E-state index is 0.252. The van der Waals surface area contributed by atoms with E-state index in [4.69, 9.17) is 5.26 Å². The Hall–Kier alpha value is -1.05. The van der Waals surface area contributed by atoms with Gasteiger partial charge in [-0.05, 0) is 17.7 Å². The summed E-state index contributed by atoms with van der Waals surface area (Å²) in [6.07, 6.45) is 0. The lowest BCUT2D eigenvalue weighted by Gasteiger charge is -1.99. The van der Waals surface area contributed by atoms with Gasteiger partial charge in [-0.15, -0.1) is 11.3 Å². The van der Waals surface area contributed by atoms with Crippen molar-refractivity contribution in [3.8, 4) is 11.8 Å². The van der Waals surface area contributed by atoms with Gasteiger partial charge in [0.05, 0.1) is 11.6 Å². The van der Waals surface area contributed by atoms with E-state index in [2.05, 4.69) is 22.0 Å². The monoisotopic (exact) mass is 267 g/mol. The van der Waals surface area contributed by atoms with Gasteiger partial charge < -0.3 is 5.11 Å². The smallest absolute Gasteiger partial charge is 0.134 e. The minimum absolute atomic E-state index is 0.252. The van der Waals surface area contributed by atoms with Gasteiger partial charge in [0, 0.05) is 20.8 Å². The molecule has 1 heterocycles. The number of halogens is 1. The molecule has 0 radical (unpaired) electrons. The Balaban J connectivity index is 2.79. The van der Waals surface area contributed by atoms with E-state index >= 15 is 0 Å². The topological polar surface area (TPSA) is 44.0 Å². The predicted octanol–water partition coefficient (Wildman–Crippen LogP) is 3.37. The first-order valence-corrected chi connectivity index (χ1v) is 5.95. The second-order valence-corrected chi connectivity index (χ2v) is 4.34. The van der Waals surface area contributed by atoms with Crippen molar-refractivity contribution in [3.05, 3.63) is 28.6 Å². The molecule has 4 heteroatoms. The van der Waals surface area contributed by atoms with E-state index in [0.717, 1.165) is 15.6 Å². The average Bonchev–Trinajstić information content (AvgIpc) is 2.58. The van der Waals surface area contributed by atoms with Crippen LogP contribution in [0.5, 0.6) is 5.75 Å². The Morgan fingerprint density at radius 3 is 2.93 bits per heavy atom. The molecule has 2 aromatic rings. The SMILES string of the molecule is N#Cc1cc2c(O)csc2cc1CBr. The number of benzene rings is 1. The van der Waals surface area contributed by atoms with E-state index in [1.54, 1.807) is 11.4 Å². The molecule has 0 fully saturated rings. The third-order valence-electron chi connectivity index (χ3n) is 2.04. The van der Waals surface area contributed by atoms with Gasteiger partial charge in [-0.1, -0.05) is 15.9 Å². The fraction of sp³-hybridized carbons (Fsp3) is 0.100. The lowest BCUT2D eigenvalue weighted by Crippen LogP contribution is -1.84. The van der Waals surface area contributed by atoms with E-state index in [1.165, 1.54) is 11.3 Å². The van der Waals surface area contributed by atoms with Crippen LogP contribution < -0.4 is 0 Å². The van der Waals surface area contributed by atoms with Crippen molar-refractivity contribution in [1.82, 2.24) is 0 Å². The fourth-order valence-corrected chi connectivity index (χ4v) is 2.65. The standard InChI is InChI=1S/C10H6BrNOS/c11-3-6-2-10-8(1-7(6)4-12)9(13)5-14-10/h1-2,5,13H,3H2. The lowest BCUT2D eigenvalue weighted by molar-refractivity contribution is 0.483. The number of alkyl halides is 1. The molecule has 0 amide bonds. The molecule has 14 heavy (non-hydrogen) atoms. The molecule has 1 N–H and O–H groups in total. The van der Waals surface area contributed by atoms with Gasteiger partial charge in [0.25, 0.3) is 0 Å². The Bertz CT molecular complexity index is 527. The molecule has 0 atom stereocenters. The quantitative estimate of drug-likeness (QED) is 0.806. The molecule has 0 saturated carbocycles. The highest BCUT2D eigenvalue weighted by Gasteiger charge is 2.07. The minimum Gasteiger partial charge on any atom is -0.506 e. The molecule has 0 bridgehead atoms. The van der Waals surface area contributed by atoms with Crippen molar-refractivity contribution < 1.29 is 5.11 Å². The van der Waals surface area contributed by atoms with Crippen molar-refractivity contribution in [2.24, 2.45) is 0 Å². The highest BCUT2D eigenvalue weighted by molar-refractivity contribution is 9.08. The summed E-state index contributed by atoms with van der Waals surface area (Å²) in [5.41, 5.74) is 1.57. The normalized spacial score (nSPS) is 10.3. The van der Waals surface area contributed by atoms with Gasteiger partial charge in [-0.3, -0.25) is 0 Å². The Morgan fingerprint density at radius 2 is 2.29 bits per heavy atom. The van der Waals surface area contributed by atoms with Crippen molar-refractivity contribution in [1.29, 1.82) is 5.26 Å². The summed E-state index contributed by atoms with van der Waals surface area (Å²) < 4.78 is 1.01. The highest BCUT2D eigenvalue weighted by Crippen LogP contribution is 2.33. The summed E-state index contributed by atoms with van der Waals surface area (Å²) in [5.74, 6) is 0.252. The molecule has 0 spiro atoms. The van der Waals surface area contributed by atoms with Crippen LogP contribution in [0.3, 0.4) is 0 Å². The Morgan fingerprint density at radius 1 is 1.50 bits per heavy atom. The van der Waals surface area contributed by atoms with Gasteiger partial charge >= 0.3 is 0 Å². The van der Waals surface area contributed by atoms with Crippen LogP contribution in [0.1, 0.15) is 11.1 Å². The first kappa shape index (κ1) is 9.50. The maximum absolute atomic E-state index is 9.48. The zero-order valence-electron chi connectivity index (χ0n) is 7.12. The zero-order valence-corrected chi connectivity index (χ0v) is 9.52. The van der Waals surface area contributed by atoms with Crippen LogP contribution in [0.15, 0.2) is 17.5 Å². The van der Waals surface area contributed by atoms with Gasteiger partial charge in [0.15, 0.2) is 0 Å². The summed E-state index contributed by atoms with van der Waals surface area (Å²) in [6, 6.07) is 5.79. The predicted molar refractivity (Wildman–Crippen MR) is 60.8 cm³/mol. The van der Waals surface area contributed by atoms with Gasteiger partial charge in [0.1, 0.15) is 5.75 Å². The number of nitrogens with zero attached hydrogens (tertiary/aromatic N) is 1. The van der Waals surface area contributed by atoms with Crippen LogP contribution in [-0.4, -0.2) is 5.11 Å². The van der Waals surface area contributed by atoms with Gasteiger partial charge in [-0.25, -0.2) is 0 Å². The van der Waals surface area contributed by atoms with Gasteiger partial charge in [-0.2, -0.15) is 5.26 Å². The summed E-state index contributed by atoms with van der Waals surface area (Å²) in [4.78, 5) is 0. The van der Waals surface area contributed by atoms with E-state index in [0.29, 0.717) is 10.9 Å². The summed E-state index contributed by atoms with van der Waals surface area (Å²) in [6.45, 7) is 0. The molecule has 0 aliphatic heterocycles. The molecular formula is C10H6BrNOS. The summed E-state index contributed by atoms with van der Waals surface area (Å²) >= 11 is 4.82. The number of hydrogen-bond donors (Lipinski definition) is 1. The molecule has 1 aromatic carbocycles. The molecule has 2 nitrogen and oxygen atoms in total. The lowest BCUT2D eigenvalue weighted by atomic mass is 10.1. The highest BCUT2D eigenvalue weighted by atomic mass is 79.9. The van der Waals surface area contributed by atoms with E-state index in [-0.39, 0.29) is 5.75 Å². The van der Waals surface area contributed by atoms with Crippen molar-refractivity contribution in [3.63, 3.8) is 0 Å². The van der Waals surface area contributed by atoms with Crippen LogP contribution in [0.4, 0.5) is 0 Å². The third-order valence-corrected chi connectivity index (χ3v) is 3.58. The molecular weight excluding hydrogens is 262 g/mol. The maximum atomic E-state index is 9.48. The largest absolute Gasteiger partial charge is 0.506 e. The molecule has 0 unspecified atom stereocenters. The molecule has 2 rings (SSSR count). The second-order valence-electron chi connectivity index (χ2n) is 2.87. The van der Waals surface area contributed by atoms with Crippen LogP contribution in [0.25, 0.3) is 10.1 Å². The maximum Gasteiger partial charge on any atom is 0.134 e. The number of fused-ring (bicyclic) bond motifs is 1. The van der Waals surface area contributed by atoms with E-state index in [9.17, 15) is 5.11 Å². The number of thiophene rings is 1. The molecule has 1 aromatic heterocycles. The van der Waals surface area contributed by atoms with E-state index in [1.807, 2.05) is 6.07 Å². The molecule has 70 valence electrons. The third kappa shape index (κ3) is 1.39. The number of rotatable bonds is 1. The second kappa shape index (κ2) is 3.60. The number of aromatic hydroxyl groups is 1. The Kier molecular flexibility index (Phi) is 2.44. The summed E-state index contributed by atoms with van der Waals surface area (Å²) in [7, 11) is 0. The molecule has 0 saturated heterocycles. The average molecular weight is 268 g/mol.